The van der Waals surface area contributed by atoms with Crippen LogP contribution in [-0.2, 0) is 9.63 Å². The molecule has 5 nitrogen and oxygen atoms in total. The number of nitrogens with one attached hydrogen (secondary N) is 1. The van der Waals surface area contributed by atoms with Crippen LogP contribution in [0.2, 0.25) is 0 Å². The molecule has 5 heteroatoms. The summed E-state index contributed by atoms with van der Waals surface area (Å²) in [6.07, 6.45) is 0.939. The highest BCUT2D eigenvalue weighted by molar-refractivity contribution is 6.47. The van der Waals surface area contributed by atoms with Crippen molar-refractivity contribution in [2.45, 2.75) is 13.3 Å². The van der Waals surface area contributed by atoms with Gasteiger partial charge in [0.05, 0.1) is 6.61 Å². The summed E-state index contributed by atoms with van der Waals surface area (Å²) in [5, 5.41) is 8.36. The lowest BCUT2D eigenvalue weighted by atomic mass is 10.00. The van der Waals surface area contributed by atoms with E-state index in [0.717, 1.165) is 22.9 Å². The first-order valence-corrected chi connectivity index (χ1v) is 7.20. The van der Waals surface area contributed by atoms with Crippen molar-refractivity contribution in [1.29, 1.82) is 0 Å². The van der Waals surface area contributed by atoms with Gasteiger partial charge in [0, 0.05) is 12.6 Å². The van der Waals surface area contributed by atoms with E-state index < -0.39 is 0 Å². The molecule has 0 aromatic heterocycles. The van der Waals surface area contributed by atoms with Crippen molar-refractivity contribution in [3.05, 3.63) is 42.0 Å². The number of likely N-dealkylation sites (N-methyl/N-ethyl adjacent to an activating group) is 1. The number of ether oxygens (including phenoxy) is 1. The summed E-state index contributed by atoms with van der Waals surface area (Å²) in [7, 11) is 2.98. The topological polar surface area (TPSA) is 59.9 Å². The molecule has 0 bridgehead atoms. The summed E-state index contributed by atoms with van der Waals surface area (Å²) in [4.78, 5) is 16.9. The van der Waals surface area contributed by atoms with Crippen LogP contribution in [0, 0.1) is 0 Å². The largest absolute Gasteiger partial charge is 0.494 e. The van der Waals surface area contributed by atoms with Crippen molar-refractivity contribution in [1.82, 2.24) is 5.32 Å². The predicted molar refractivity (Wildman–Crippen MR) is 87.3 cm³/mol. The van der Waals surface area contributed by atoms with Gasteiger partial charge in [-0.2, -0.15) is 0 Å². The van der Waals surface area contributed by atoms with Gasteiger partial charge in [0.25, 0.3) is 5.91 Å². The Bertz CT molecular complexity index is 695. The van der Waals surface area contributed by atoms with Gasteiger partial charge in [0.2, 0.25) is 0 Å². The summed E-state index contributed by atoms with van der Waals surface area (Å²) < 4.78 is 5.67. The number of hydrogen-bond acceptors (Lipinski definition) is 4. The van der Waals surface area contributed by atoms with Gasteiger partial charge in [-0.3, -0.25) is 4.79 Å². The number of nitrogens with zero attached hydrogens (tertiary/aromatic N) is 1. The molecule has 0 saturated carbocycles. The number of amides is 1. The lowest BCUT2D eigenvalue weighted by Crippen LogP contribution is -2.28. The second kappa shape index (κ2) is 7.45. The van der Waals surface area contributed by atoms with E-state index in [0.29, 0.717) is 12.2 Å². The average molecular weight is 300 g/mol. The molecule has 2 aromatic carbocycles. The molecule has 0 spiro atoms. The average Bonchev–Trinajstić information content (AvgIpc) is 2.56. The zero-order valence-corrected chi connectivity index (χ0v) is 13.1. The molecule has 0 radical (unpaired) electrons. The SMILES string of the molecule is CCCOc1ccc2cccc(/C(=N\OC)C(=O)NC)c2c1. The highest BCUT2D eigenvalue weighted by Gasteiger charge is 2.16. The summed E-state index contributed by atoms with van der Waals surface area (Å²) in [5.41, 5.74) is 0.948. The van der Waals surface area contributed by atoms with Crippen molar-refractivity contribution in [2.24, 2.45) is 5.16 Å². The van der Waals surface area contributed by atoms with Gasteiger partial charge >= 0.3 is 0 Å². The normalized spacial score (nSPS) is 11.3. The van der Waals surface area contributed by atoms with E-state index >= 15 is 0 Å². The molecule has 0 atom stereocenters. The van der Waals surface area contributed by atoms with Gasteiger partial charge in [0.1, 0.15) is 12.9 Å². The van der Waals surface area contributed by atoms with Gasteiger partial charge < -0.3 is 14.9 Å². The smallest absolute Gasteiger partial charge is 0.273 e. The number of carbonyl (C=O) groups is 1. The predicted octanol–water partition coefficient (Wildman–Crippen LogP) is 2.73. The quantitative estimate of drug-likeness (QED) is 0.659. The molecular formula is C17H20N2O3. The number of carbonyl (C=O) groups excluding carboxylic acids is 1. The fourth-order valence-corrected chi connectivity index (χ4v) is 2.19. The minimum absolute atomic E-state index is 0.239. The Morgan fingerprint density at radius 3 is 2.77 bits per heavy atom. The molecular weight excluding hydrogens is 280 g/mol. The van der Waals surface area contributed by atoms with E-state index in [9.17, 15) is 4.79 Å². The molecule has 116 valence electrons. The second-order valence-electron chi connectivity index (χ2n) is 4.74. The van der Waals surface area contributed by atoms with E-state index in [1.807, 2.05) is 36.4 Å². The number of rotatable bonds is 6. The number of fused-ring (bicyclic) bond motifs is 1. The lowest BCUT2D eigenvalue weighted by Gasteiger charge is -2.10. The fourth-order valence-electron chi connectivity index (χ4n) is 2.19. The first-order chi connectivity index (χ1) is 10.7. The van der Waals surface area contributed by atoms with Crippen LogP contribution in [-0.4, -0.2) is 32.4 Å². The maximum Gasteiger partial charge on any atom is 0.273 e. The molecule has 0 fully saturated rings. The van der Waals surface area contributed by atoms with Crippen LogP contribution in [0.5, 0.6) is 5.75 Å². The van der Waals surface area contributed by atoms with Crippen LogP contribution in [0.4, 0.5) is 0 Å². The summed E-state index contributed by atoms with van der Waals surface area (Å²) in [5.74, 6) is 0.477. The van der Waals surface area contributed by atoms with Crippen molar-refractivity contribution in [3.63, 3.8) is 0 Å². The maximum absolute atomic E-state index is 12.0. The van der Waals surface area contributed by atoms with E-state index in [1.165, 1.54) is 7.11 Å². The zero-order valence-electron chi connectivity index (χ0n) is 13.1. The monoisotopic (exact) mass is 300 g/mol. The van der Waals surface area contributed by atoms with Gasteiger partial charge in [-0.05, 0) is 29.3 Å². The van der Waals surface area contributed by atoms with Crippen molar-refractivity contribution < 1.29 is 14.4 Å². The molecule has 0 aliphatic rings. The fraction of sp³-hybridized carbons (Fsp3) is 0.294. The van der Waals surface area contributed by atoms with Crippen LogP contribution < -0.4 is 10.1 Å². The standard InChI is InChI=1S/C17H20N2O3/c1-4-10-22-13-9-8-12-6-5-7-14(15(12)11-13)16(19-21-3)17(20)18-2/h5-9,11H,4,10H2,1-3H3,(H,18,20)/b19-16+. The Morgan fingerprint density at radius 1 is 1.27 bits per heavy atom. The van der Waals surface area contributed by atoms with Gasteiger partial charge in [-0.1, -0.05) is 36.3 Å². The Hall–Kier alpha value is -2.56. The molecule has 0 heterocycles. The zero-order chi connectivity index (χ0) is 15.9. The number of benzene rings is 2. The van der Waals surface area contributed by atoms with Crippen molar-refractivity contribution in [3.8, 4) is 5.75 Å². The van der Waals surface area contributed by atoms with Crippen LogP contribution in [0.25, 0.3) is 10.8 Å². The summed E-state index contributed by atoms with van der Waals surface area (Å²) in [6, 6.07) is 11.5. The third-order valence-electron chi connectivity index (χ3n) is 3.21. The van der Waals surface area contributed by atoms with Crippen LogP contribution >= 0.6 is 0 Å². The van der Waals surface area contributed by atoms with Gasteiger partial charge in [0.15, 0.2) is 5.71 Å². The molecule has 2 rings (SSSR count). The summed E-state index contributed by atoms with van der Waals surface area (Å²) in [6.45, 7) is 2.71. The molecule has 2 aromatic rings. The first kappa shape index (κ1) is 15.8. The molecule has 0 saturated heterocycles. The number of oxime groups is 1. The van der Waals surface area contributed by atoms with Crippen LogP contribution in [0.15, 0.2) is 41.6 Å². The van der Waals surface area contributed by atoms with E-state index in [-0.39, 0.29) is 11.6 Å². The molecule has 0 aliphatic carbocycles. The summed E-state index contributed by atoms with van der Waals surface area (Å²) >= 11 is 0. The van der Waals surface area contributed by atoms with Gasteiger partial charge in [-0.15, -0.1) is 0 Å². The number of hydrogen-bond donors (Lipinski definition) is 1. The van der Waals surface area contributed by atoms with Crippen molar-refractivity contribution >= 4 is 22.4 Å². The molecule has 1 amide bonds. The van der Waals surface area contributed by atoms with Crippen molar-refractivity contribution in [2.75, 3.05) is 20.8 Å². The minimum Gasteiger partial charge on any atom is -0.494 e. The minimum atomic E-state index is -0.297. The molecule has 0 aliphatic heterocycles. The maximum atomic E-state index is 12.0. The Morgan fingerprint density at radius 2 is 2.09 bits per heavy atom. The van der Waals surface area contributed by atoms with Gasteiger partial charge in [-0.25, -0.2) is 0 Å². The third kappa shape index (κ3) is 3.36. The molecule has 1 N–H and O–H groups in total. The first-order valence-electron chi connectivity index (χ1n) is 7.20. The van der Waals surface area contributed by atoms with E-state index in [2.05, 4.69) is 17.4 Å². The highest BCUT2D eigenvalue weighted by atomic mass is 16.6. The second-order valence-corrected chi connectivity index (χ2v) is 4.74. The lowest BCUT2D eigenvalue weighted by molar-refractivity contribution is -0.114. The van der Waals surface area contributed by atoms with Crippen LogP contribution in [0.3, 0.4) is 0 Å². The van der Waals surface area contributed by atoms with E-state index in [4.69, 9.17) is 9.57 Å². The third-order valence-corrected chi connectivity index (χ3v) is 3.21. The highest BCUT2D eigenvalue weighted by Crippen LogP contribution is 2.25. The Labute approximate surface area is 129 Å². The van der Waals surface area contributed by atoms with E-state index in [1.54, 1.807) is 7.05 Å². The van der Waals surface area contributed by atoms with Crippen LogP contribution in [0.1, 0.15) is 18.9 Å². The Balaban J connectivity index is 2.56. The Kier molecular flexibility index (Phi) is 5.36. The molecule has 22 heavy (non-hydrogen) atoms. The molecule has 0 unspecified atom stereocenters.